The van der Waals surface area contributed by atoms with Crippen molar-refractivity contribution in [3.63, 3.8) is 0 Å². The largest absolute Gasteiger partial charge is 0.352 e. The molecule has 2 amide bonds. The number of benzene rings is 3. The van der Waals surface area contributed by atoms with Crippen LogP contribution in [0.15, 0.2) is 77.7 Å². The van der Waals surface area contributed by atoms with E-state index in [9.17, 15) is 22.4 Å². The predicted molar refractivity (Wildman–Crippen MR) is 152 cm³/mol. The van der Waals surface area contributed by atoms with Crippen molar-refractivity contribution in [1.29, 1.82) is 0 Å². The summed E-state index contributed by atoms with van der Waals surface area (Å²) < 4.78 is 43.0. The van der Waals surface area contributed by atoms with Crippen molar-refractivity contribution in [2.45, 2.75) is 50.7 Å². The fourth-order valence-electron chi connectivity index (χ4n) is 3.79. The molecule has 0 spiro atoms. The first kappa shape index (κ1) is 30.4. The first-order valence-corrected chi connectivity index (χ1v) is 14.5. The molecule has 0 saturated heterocycles. The van der Waals surface area contributed by atoms with Crippen LogP contribution in [0.1, 0.15) is 32.8 Å². The zero-order valence-corrected chi connectivity index (χ0v) is 24.1. The van der Waals surface area contributed by atoms with Crippen molar-refractivity contribution in [1.82, 2.24) is 10.2 Å². The van der Waals surface area contributed by atoms with Gasteiger partial charge in [0, 0.05) is 28.2 Å². The lowest BCUT2D eigenvalue weighted by molar-refractivity contribution is -0.139. The van der Waals surface area contributed by atoms with Crippen LogP contribution < -0.4 is 9.62 Å². The maximum absolute atomic E-state index is 14.9. The second-order valence-corrected chi connectivity index (χ2v) is 11.7. The lowest BCUT2D eigenvalue weighted by Crippen LogP contribution is -2.52. The number of amides is 2. The Labute approximate surface area is 238 Å². The third-order valence-corrected chi connectivity index (χ3v) is 8.77. The minimum absolute atomic E-state index is 0.121. The van der Waals surface area contributed by atoms with E-state index < -0.39 is 40.2 Å². The standard InChI is InChI=1S/C28H30Cl2FN3O4S/c1-4-19(2)32-28(36)20(3)33(17-22-23(29)13-10-14-24(22)30)27(35)18-34(26-16-9-8-15-25(26)31)39(37,38)21-11-6-5-7-12-21/h5-16,19-20H,4,17-18H2,1-3H3,(H,32,36)/t19-,20+/m0/s1. The van der Waals surface area contributed by atoms with Crippen LogP contribution in [0.3, 0.4) is 0 Å². The molecule has 3 rings (SSSR count). The fraction of sp³-hybridized carbons (Fsp3) is 0.286. The summed E-state index contributed by atoms with van der Waals surface area (Å²) in [4.78, 5) is 28.0. The number of nitrogens with one attached hydrogen (secondary N) is 1. The number of halogens is 3. The molecule has 3 aromatic rings. The van der Waals surface area contributed by atoms with Gasteiger partial charge in [-0.05, 0) is 56.7 Å². The average Bonchev–Trinajstić information content (AvgIpc) is 2.92. The van der Waals surface area contributed by atoms with Crippen LogP contribution in [0.4, 0.5) is 10.1 Å². The molecule has 0 heterocycles. The summed E-state index contributed by atoms with van der Waals surface area (Å²) in [6, 6.07) is 16.3. The van der Waals surface area contributed by atoms with Crippen molar-refractivity contribution < 1.29 is 22.4 Å². The summed E-state index contributed by atoms with van der Waals surface area (Å²) in [6.45, 7) is 4.31. The van der Waals surface area contributed by atoms with E-state index in [4.69, 9.17) is 23.2 Å². The molecule has 0 unspecified atom stereocenters. The van der Waals surface area contributed by atoms with Gasteiger partial charge >= 0.3 is 0 Å². The van der Waals surface area contributed by atoms with Crippen LogP contribution >= 0.6 is 23.2 Å². The molecule has 208 valence electrons. The van der Waals surface area contributed by atoms with Gasteiger partial charge in [-0.2, -0.15) is 0 Å². The van der Waals surface area contributed by atoms with Crippen LogP contribution in [0.5, 0.6) is 0 Å². The maximum atomic E-state index is 14.9. The third kappa shape index (κ3) is 7.29. The van der Waals surface area contributed by atoms with Crippen molar-refractivity contribution in [2.24, 2.45) is 0 Å². The number of anilines is 1. The van der Waals surface area contributed by atoms with Gasteiger partial charge in [0.2, 0.25) is 11.8 Å². The second-order valence-electron chi connectivity index (χ2n) is 8.99. The summed E-state index contributed by atoms with van der Waals surface area (Å²) in [5, 5.41) is 3.39. The molecule has 0 aliphatic rings. The van der Waals surface area contributed by atoms with Gasteiger partial charge in [0.25, 0.3) is 10.0 Å². The Hall–Kier alpha value is -3.14. The van der Waals surface area contributed by atoms with Gasteiger partial charge in [-0.3, -0.25) is 13.9 Å². The molecule has 1 N–H and O–H groups in total. The van der Waals surface area contributed by atoms with E-state index in [-0.39, 0.29) is 33.2 Å². The SMILES string of the molecule is CC[C@H](C)NC(=O)[C@@H](C)N(Cc1c(Cl)cccc1Cl)C(=O)CN(c1ccccc1F)S(=O)(=O)c1ccccc1. The first-order chi connectivity index (χ1) is 18.5. The molecule has 0 bridgehead atoms. The molecule has 0 radical (unpaired) electrons. The highest BCUT2D eigenvalue weighted by molar-refractivity contribution is 7.92. The van der Waals surface area contributed by atoms with Gasteiger partial charge in [-0.1, -0.05) is 66.5 Å². The van der Waals surface area contributed by atoms with Crippen LogP contribution in [0.2, 0.25) is 10.0 Å². The molecule has 0 aromatic heterocycles. The zero-order valence-electron chi connectivity index (χ0n) is 21.8. The highest BCUT2D eigenvalue weighted by atomic mass is 35.5. The van der Waals surface area contributed by atoms with E-state index in [1.54, 1.807) is 24.3 Å². The molecular weight excluding hydrogens is 564 g/mol. The number of para-hydroxylation sites is 1. The number of rotatable bonds is 11. The van der Waals surface area contributed by atoms with E-state index in [0.29, 0.717) is 16.3 Å². The van der Waals surface area contributed by atoms with E-state index in [1.807, 2.05) is 13.8 Å². The van der Waals surface area contributed by atoms with Gasteiger partial charge < -0.3 is 10.2 Å². The second kappa shape index (κ2) is 13.3. The van der Waals surface area contributed by atoms with Gasteiger partial charge in [-0.15, -0.1) is 0 Å². The van der Waals surface area contributed by atoms with Crippen LogP contribution in [0, 0.1) is 5.82 Å². The van der Waals surface area contributed by atoms with Gasteiger partial charge in [0.1, 0.15) is 18.4 Å². The Morgan fingerprint density at radius 2 is 1.51 bits per heavy atom. The van der Waals surface area contributed by atoms with E-state index in [2.05, 4.69) is 5.32 Å². The maximum Gasteiger partial charge on any atom is 0.264 e. The quantitative estimate of drug-likeness (QED) is 0.311. The number of nitrogens with zero attached hydrogens (tertiary/aromatic N) is 2. The van der Waals surface area contributed by atoms with Crippen molar-refractivity contribution in [3.8, 4) is 0 Å². The normalized spacial score (nSPS) is 12.9. The molecule has 0 aliphatic heterocycles. The summed E-state index contributed by atoms with van der Waals surface area (Å²) in [6.07, 6.45) is 0.666. The Morgan fingerprint density at radius 3 is 2.10 bits per heavy atom. The summed E-state index contributed by atoms with van der Waals surface area (Å²) in [5.74, 6) is -2.02. The van der Waals surface area contributed by atoms with Crippen molar-refractivity contribution in [3.05, 3.63) is 94.2 Å². The molecule has 7 nitrogen and oxygen atoms in total. The van der Waals surface area contributed by atoms with E-state index >= 15 is 0 Å². The molecular formula is C28H30Cl2FN3O4S. The molecule has 2 atom stereocenters. The number of hydrogen-bond acceptors (Lipinski definition) is 4. The summed E-state index contributed by atoms with van der Waals surface area (Å²) >= 11 is 12.7. The number of hydrogen-bond donors (Lipinski definition) is 1. The predicted octanol–water partition coefficient (Wildman–Crippen LogP) is 5.66. The molecule has 11 heteroatoms. The number of carbonyl (C=O) groups excluding carboxylic acids is 2. The average molecular weight is 595 g/mol. The smallest absolute Gasteiger partial charge is 0.264 e. The minimum Gasteiger partial charge on any atom is -0.352 e. The fourth-order valence-corrected chi connectivity index (χ4v) is 5.75. The lowest BCUT2D eigenvalue weighted by Gasteiger charge is -2.33. The van der Waals surface area contributed by atoms with Gasteiger partial charge in [0.15, 0.2) is 0 Å². The van der Waals surface area contributed by atoms with Crippen LogP contribution in [-0.4, -0.2) is 43.8 Å². The van der Waals surface area contributed by atoms with Crippen molar-refractivity contribution >= 4 is 50.7 Å². The van der Waals surface area contributed by atoms with Crippen LogP contribution in [-0.2, 0) is 26.2 Å². The van der Waals surface area contributed by atoms with E-state index in [0.717, 1.165) is 6.07 Å². The topological polar surface area (TPSA) is 86.8 Å². The van der Waals surface area contributed by atoms with Gasteiger partial charge in [-0.25, -0.2) is 12.8 Å². The van der Waals surface area contributed by atoms with Gasteiger partial charge in [0.05, 0.1) is 10.6 Å². The monoisotopic (exact) mass is 593 g/mol. The number of sulfonamides is 1. The molecule has 3 aromatic carbocycles. The van der Waals surface area contributed by atoms with Crippen LogP contribution in [0.25, 0.3) is 0 Å². The summed E-state index contributed by atoms with van der Waals surface area (Å²) in [7, 11) is -4.37. The molecule has 39 heavy (non-hydrogen) atoms. The lowest BCUT2D eigenvalue weighted by atomic mass is 10.1. The highest BCUT2D eigenvalue weighted by Crippen LogP contribution is 2.29. The molecule has 0 saturated carbocycles. The zero-order chi connectivity index (χ0) is 28.7. The number of carbonyl (C=O) groups is 2. The Morgan fingerprint density at radius 1 is 0.923 bits per heavy atom. The Balaban J connectivity index is 2.07. The highest BCUT2D eigenvalue weighted by Gasteiger charge is 2.34. The third-order valence-electron chi connectivity index (χ3n) is 6.29. The van der Waals surface area contributed by atoms with E-state index in [1.165, 1.54) is 54.3 Å². The molecule has 0 fully saturated rings. The molecule has 0 aliphatic carbocycles. The van der Waals surface area contributed by atoms with Crippen molar-refractivity contribution in [2.75, 3.05) is 10.8 Å². The first-order valence-electron chi connectivity index (χ1n) is 12.3. The minimum atomic E-state index is -4.37. The Bertz CT molecular complexity index is 1400. The Kier molecular flexibility index (Phi) is 10.4. The summed E-state index contributed by atoms with van der Waals surface area (Å²) in [5.41, 5.74) is 0.0860.